The molecule has 2 atom stereocenters. The van der Waals surface area contributed by atoms with E-state index in [9.17, 15) is 0 Å². The Kier molecular flexibility index (Phi) is 6.06. The van der Waals surface area contributed by atoms with Crippen LogP contribution in [0, 0.1) is 19.8 Å². The summed E-state index contributed by atoms with van der Waals surface area (Å²) in [6.07, 6.45) is 3.21. The second kappa shape index (κ2) is 8.31. The van der Waals surface area contributed by atoms with Gasteiger partial charge in [-0.2, -0.15) is 0 Å². The topological polar surface area (TPSA) is 15.3 Å². The zero-order valence-corrected chi connectivity index (χ0v) is 17.5. The van der Waals surface area contributed by atoms with E-state index >= 15 is 0 Å². The van der Waals surface area contributed by atoms with Gasteiger partial charge in [-0.15, -0.1) is 6.58 Å². The highest BCUT2D eigenvalue weighted by atomic mass is 15.2. The van der Waals surface area contributed by atoms with Gasteiger partial charge in [-0.25, -0.2) is 0 Å². The fraction of sp³-hybridized carbons (Fsp3) is 0.440. The standard InChI is InChI=1S/C25H34N2/c1-7-18(4)25(26-16-21-12-11-19(5)20(6)15-21)23-9-8-10-24-22(23)13-14-27(24)17(2)3/h7-12,15,17-18,25-26H,1,13-14,16H2,2-6H3. The number of hydrogen-bond donors (Lipinski definition) is 1. The first-order chi connectivity index (χ1) is 12.9. The van der Waals surface area contributed by atoms with Gasteiger partial charge in [0.2, 0.25) is 0 Å². The summed E-state index contributed by atoms with van der Waals surface area (Å²) in [6, 6.07) is 14.4. The van der Waals surface area contributed by atoms with Gasteiger partial charge in [0.15, 0.2) is 0 Å². The molecule has 0 saturated heterocycles. The largest absolute Gasteiger partial charge is 0.369 e. The first kappa shape index (κ1) is 19.7. The normalized spacial score (nSPS) is 15.7. The van der Waals surface area contributed by atoms with Gasteiger partial charge in [0, 0.05) is 30.9 Å². The molecule has 0 aliphatic carbocycles. The maximum atomic E-state index is 4.07. The lowest BCUT2D eigenvalue weighted by atomic mass is 9.89. The van der Waals surface area contributed by atoms with Crippen LogP contribution in [0.15, 0.2) is 49.1 Å². The molecule has 2 aromatic carbocycles. The molecule has 2 aromatic rings. The molecular weight excluding hydrogens is 328 g/mol. The van der Waals surface area contributed by atoms with E-state index in [0.29, 0.717) is 12.0 Å². The van der Waals surface area contributed by atoms with E-state index in [0.717, 1.165) is 19.5 Å². The zero-order valence-electron chi connectivity index (χ0n) is 17.5. The molecule has 2 heteroatoms. The molecule has 3 rings (SSSR count). The van der Waals surface area contributed by atoms with Crippen molar-refractivity contribution in [2.45, 2.75) is 59.7 Å². The Bertz CT molecular complexity index is 806. The van der Waals surface area contributed by atoms with Gasteiger partial charge < -0.3 is 10.2 Å². The summed E-state index contributed by atoms with van der Waals surface area (Å²) in [5.74, 6) is 0.371. The smallest absolute Gasteiger partial charge is 0.0405 e. The molecule has 0 amide bonds. The highest BCUT2D eigenvalue weighted by Crippen LogP contribution is 2.37. The van der Waals surface area contributed by atoms with Crippen molar-refractivity contribution in [2.24, 2.45) is 5.92 Å². The molecule has 0 bridgehead atoms. The summed E-state index contributed by atoms with van der Waals surface area (Å²) in [6.45, 7) is 17.3. The fourth-order valence-electron chi connectivity index (χ4n) is 4.17. The highest BCUT2D eigenvalue weighted by molar-refractivity contribution is 5.62. The van der Waals surface area contributed by atoms with E-state index in [2.05, 4.69) is 93.9 Å². The van der Waals surface area contributed by atoms with Gasteiger partial charge in [0.25, 0.3) is 0 Å². The summed E-state index contributed by atoms with van der Waals surface area (Å²) in [5, 5.41) is 3.83. The second-order valence-corrected chi connectivity index (χ2v) is 8.25. The minimum Gasteiger partial charge on any atom is -0.369 e. The number of nitrogens with one attached hydrogen (secondary N) is 1. The van der Waals surface area contributed by atoms with Crippen LogP contribution in [0.5, 0.6) is 0 Å². The molecule has 0 saturated carbocycles. The molecule has 1 heterocycles. The van der Waals surface area contributed by atoms with Gasteiger partial charge in [-0.3, -0.25) is 0 Å². The molecule has 0 radical (unpaired) electrons. The minimum absolute atomic E-state index is 0.283. The minimum atomic E-state index is 0.283. The van der Waals surface area contributed by atoms with Crippen molar-refractivity contribution in [3.63, 3.8) is 0 Å². The molecule has 1 aliphatic rings. The average molecular weight is 363 g/mol. The molecule has 144 valence electrons. The van der Waals surface area contributed by atoms with Crippen LogP contribution in [0.2, 0.25) is 0 Å². The van der Waals surface area contributed by atoms with Crippen molar-refractivity contribution in [1.29, 1.82) is 0 Å². The zero-order chi connectivity index (χ0) is 19.6. The third-order valence-corrected chi connectivity index (χ3v) is 6.05. The average Bonchev–Trinajstić information content (AvgIpc) is 3.09. The summed E-state index contributed by atoms with van der Waals surface area (Å²) in [4.78, 5) is 2.53. The molecule has 2 nitrogen and oxygen atoms in total. The molecule has 1 N–H and O–H groups in total. The van der Waals surface area contributed by atoms with Crippen LogP contribution in [0.25, 0.3) is 0 Å². The van der Waals surface area contributed by atoms with Gasteiger partial charge in [-0.05, 0) is 73.9 Å². The van der Waals surface area contributed by atoms with E-state index in [4.69, 9.17) is 0 Å². The van der Waals surface area contributed by atoms with E-state index < -0.39 is 0 Å². The number of fused-ring (bicyclic) bond motifs is 1. The first-order valence-electron chi connectivity index (χ1n) is 10.2. The maximum Gasteiger partial charge on any atom is 0.0405 e. The number of aryl methyl sites for hydroxylation is 2. The Hall–Kier alpha value is -2.06. The van der Waals surface area contributed by atoms with Gasteiger partial charge in [0.05, 0.1) is 0 Å². The SMILES string of the molecule is C=CC(C)C(NCc1ccc(C)c(C)c1)c1cccc2c1CCN2C(C)C. The lowest BCUT2D eigenvalue weighted by Gasteiger charge is -2.28. The quantitative estimate of drug-likeness (QED) is 0.633. The third-order valence-electron chi connectivity index (χ3n) is 6.05. The van der Waals surface area contributed by atoms with Crippen LogP contribution in [0.3, 0.4) is 0 Å². The first-order valence-corrected chi connectivity index (χ1v) is 10.2. The maximum absolute atomic E-state index is 4.07. The Morgan fingerprint density at radius 2 is 1.89 bits per heavy atom. The molecule has 0 fully saturated rings. The monoisotopic (exact) mass is 362 g/mol. The Morgan fingerprint density at radius 1 is 1.11 bits per heavy atom. The van der Waals surface area contributed by atoms with Crippen LogP contribution in [-0.4, -0.2) is 12.6 Å². The molecule has 0 spiro atoms. The lowest BCUT2D eigenvalue weighted by Crippen LogP contribution is -2.28. The van der Waals surface area contributed by atoms with Crippen molar-refractivity contribution in [1.82, 2.24) is 5.32 Å². The number of anilines is 1. The van der Waals surface area contributed by atoms with E-state index in [-0.39, 0.29) is 6.04 Å². The summed E-state index contributed by atoms with van der Waals surface area (Å²) < 4.78 is 0. The second-order valence-electron chi connectivity index (χ2n) is 8.25. The van der Waals surface area contributed by atoms with Crippen LogP contribution in [-0.2, 0) is 13.0 Å². The fourth-order valence-corrected chi connectivity index (χ4v) is 4.17. The van der Waals surface area contributed by atoms with Gasteiger partial charge >= 0.3 is 0 Å². The molecule has 27 heavy (non-hydrogen) atoms. The Morgan fingerprint density at radius 3 is 2.56 bits per heavy atom. The lowest BCUT2D eigenvalue weighted by molar-refractivity contribution is 0.441. The van der Waals surface area contributed by atoms with Gasteiger partial charge in [0.1, 0.15) is 0 Å². The molecule has 1 aliphatic heterocycles. The highest BCUT2D eigenvalue weighted by Gasteiger charge is 2.27. The molecule has 2 unspecified atom stereocenters. The van der Waals surface area contributed by atoms with Crippen molar-refractivity contribution in [3.05, 3.63) is 76.9 Å². The van der Waals surface area contributed by atoms with Crippen LogP contribution < -0.4 is 10.2 Å². The predicted molar refractivity (Wildman–Crippen MR) is 117 cm³/mol. The van der Waals surface area contributed by atoms with Crippen LogP contribution in [0.1, 0.15) is 54.6 Å². The summed E-state index contributed by atoms with van der Waals surface area (Å²) in [7, 11) is 0. The number of benzene rings is 2. The van der Waals surface area contributed by atoms with Crippen molar-refractivity contribution < 1.29 is 0 Å². The summed E-state index contributed by atoms with van der Waals surface area (Å²) >= 11 is 0. The summed E-state index contributed by atoms with van der Waals surface area (Å²) in [5.41, 5.74) is 8.41. The van der Waals surface area contributed by atoms with Crippen molar-refractivity contribution in [3.8, 4) is 0 Å². The Labute approximate surface area is 165 Å². The van der Waals surface area contributed by atoms with Gasteiger partial charge in [-0.1, -0.05) is 43.3 Å². The van der Waals surface area contributed by atoms with Crippen molar-refractivity contribution in [2.75, 3.05) is 11.4 Å². The van der Waals surface area contributed by atoms with Crippen LogP contribution in [0.4, 0.5) is 5.69 Å². The van der Waals surface area contributed by atoms with E-state index in [1.165, 1.54) is 33.5 Å². The third kappa shape index (κ3) is 4.11. The van der Waals surface area contributed by atoms with E-state index in [1.54, 1.807) is 0 Å². The van der Waals surface area contributed by atoms with E-state index in [1.807, 2.05) is 0 Å². The number of hydrogen-bond acceptors (Lipinski definition) is 2. The Balaban J connectivity index is 1.88. The predicted octanol–water partition coefficient (Wildman–Crippen LogP) is 5.73. The number of nitrogens with zero attached hydrogens (tertiary/aromatic N) is 1. The van der Waals surface area contributed by atoms with Crippen LogP contribution >= 0.6 is 0 Å². The molecule has 0 aromatic heterocycles. The van der Waals surface area contributed by atoms with Crippen molar-refractivity contribution >= 4 is 5.69 Å². The number of rotatable bonds is 7. The molecular formula is C25H34N2.